The number of rotatable bonds is 5. The van der Waals surface area contributed by atoms with E-state index in [-0.39, 0.29) is 13.3 Å². The number of carbonyl (C=O) groups is 1. The molecule has 0 spiro atoms. The fraction of sp³-hybridized carbons (Fsp3) is 0.364. The van der Waals surface area contributed by atoms with E-state index in [1.54, 1.807) is 0 Å². The predicted molar refractivity (Wildman–Crippen MR) is 59.5 cm³/mol. The van der Waals surface area contributed by atoms with E-state index in [1.165, 1.54) is 0 Å². The maximum absolute atomic E-state index is 10.6. The van der Waals surface area contributed by atoms with Gasteiger partial charge in [0, 0.05) is 13.1 Å². The zero-order valence-corrected chi connectivity index (χ0v) is 9.18. The standard InChI is InChI=1S/C11H14N2O4/c12-11(15)8(14)5-13-4-7-1-2-9-10(3-7)17-6-16-9/h1-3,8,13-14H,4-6H2,(H2,12,15). The maximum atomic E-state index is 10.6. The Balaban J connectivity index is 1.85. The molecule has 1 aromatic rings. The molecule has 4 N–H and O–H groups in total. The first kappa shape index (κ1) is 11.7. The second-order valence-electron chi connectivity index (χ2n) is 3.74. The lowest BCUT2D eigenvalue weighted by Gasteiger charge is -2.08. The first-order valence-electron chi connectivity index (χ1n) is 5.23. The number of hydrogen-bond acceptors (Lipinski definition) is 5. The summed E-state index contributed by atoms with van der Waals surface area (Å²) in [5.41, 5.74) is 5.90. The average Bonchev–Trinajstić information content (AvgIpc) is 2.75. The third-order valence-electron chi connectivity index (χ3n) is 2.43. The molecule has 1 atom stereocenters. The summed E-state index contributed by atoms with van der Waals surface area (Å²) in [7, 11) is 0. The number of benzene rings is 1. The first-order valence-corrected chi connectivity index (χ1v) is 5.23. The molecule has 0 fully saturated rings. The van der Waals surface area contributed by atoms with Crippen molar-refractivity contribution in [3.8, 4) is 11.5 Å². The molecule has 17 heavy (non-hydrogen) atoms. The number of nitrogens with one attached hydrogen (secondary N) is 1. The Morgan fingerprint density at radius 3 is 3.00 bits per heavy atom. The van der Waals surface area contributed by atoms with Crippen molar-refractivity contribution in [2.75, 3.05) is 13.3 Å². The second kappa shape index (κ2) is 5.03. The number of amides is 1. The molecule has 1 aliphatic rings. The van der Waals surface area contributed by atoms with E-state index in [4.69, 9.17) is 15.2 Å². The van der Waals surface area contributed by atoms with Crippen LogP contribution >= 0.6 is 0 Å². The minimum absolute atomic E-state index is 0.129. The maximum Gasteiger partial charge on any atom is 0.247 e. The van der Waals surface area contributed by atoms with Crippen LogP contribution in [0, 0.1) is 0 Å². The third kappa shape index (κ3) is 2.86. The fourth-order valence-corrected chi connectivity index (χ4v) is 1.50. The van der Waals surface area contributed by atoms with Gasteiger partial charge < -0.3 is 25.6 Å². The van der Waals surface area contributed by atoms with Crippen LogP contribution < -0.4 is 20.5 Å². The number of aliphatic hydroxyl groups excluding tert-OH is 1. The normalized spacial score (nSPS) is 14.6. The average molecular weight is 238 g/mol. The molecular formula is C11H14N2O4. The van der Waals surface area contributed by atoms with Gasteiger partial charge >= 0.3 is 0 Å². The number of ether oxygens (including phenoxy) is 2. The Morgan fingerprint density at radius 1 is 1.47 bits per heavy atom. The zero-order valence-electron chi connectivity index (χ0n) is 9.18. The van der Waals surface area contributed by atoms with Gasteiger partial charge in [-0.2, -0.15) is 0 Å². The highest BCUT2D eigenvalue weighted by atomic mass is 16.7. The number of fused-ring (bicyclic) bond motifs is 1. The summed E-state index contributed by atoms with van der Waals surface area (Å²) >= 11 is 0. The van der Waals surface area contributed by atoms with Crippen molar-refractivity contribution in [3.05, 3.63) is 23.8 Å². The Bertz CT molecular complexity index is 422. The molecule has 6 heteroatoms. The Kier molecular flexibility index (Phi) is 3.46. The minimum Gasteiger partial charge on any atom is -0.454 e. The van der Waals surface area contributed by atoms with E-state index in [0.29, 0.717) is 12.3 Å². The lowest BCUT2D eigenvalue weighted by Crippen LogP contribution is -2.37. The van der Waals surface area contributed by atoms with Crippen molar-refractivity contribution in [1.29, 1.82) is 0 Å². The quantitative estimate of drug-likeness (QED) is 0.634. The van der Waals surface area contributed by atoms with Gasteiger partial charge in [0.05, 0.1) is 0 Å². The lowest BCUT2D eigenvalue weighted by molar-refractivity contribution is -0.125. The highest BCUT2D eigenvalue weighted by molar-refractivity contribution is 5.78. The van der Waals surface area contributed by atoms with Crippen molar-refractivity contribution in [1.82, 2.24) is 5.32 Å². The van der Waals surface area contributed by atoms with Gasteiger partial charge in [0.1, 0.15) is 6.10 Å². The molecule has 0 saturated heterocycles. The van der Waals surface area contributed by atoms with Crippen LogP contribution in [0.25, 0.3) is 0 Å². The smallest absolute Gasteiger partial charge is 0.247 e. The van der Waals surface area contributed by atoms with Crippen LogP contribution in [0.5, 0.6) is 11.5 Å². The van der Waals surface area contributed by atoms with Crippen LogP contribution in [-0.2, 0) is 11.3 Å². The van der Waals surface area contributed by atoms with Gasteiger partial charge in [-0.1, -0.05) is 6.07 Å². The van der Waals surface area contributed by atoms with E-state index < -0.39 is 12.0 Å². The van der Waals surface area contributed by atoms with Gasteiger partial charge in [-0.05, 0) is 17.7 Å². The molecule has 0 aromatic heterocycles. The van der Waals surface area contributed by atoms with Gasteiger partial charge in [-0.15, -0.1) is 0 Å². The SMILES string of the molecule is NC(=O)C(O)CNCc1ccc2c(c1)OCO2. The fourth-order valence-electron chi connectivity index (χ4n) is 1.50. The molecule has 0 aliphatic carbocycles. The molecule has 0 saturated carbocycles. The van der Waals surface area contributed by atoms with Crippen LogP contribution in [-0.4, -0.2) is 30.5 Å². The molecule has 1 heterocycles. The first-order chi connectivity index (χ1) is 8.16. The molecule has 92 valence electrons. The lowest BCUT2D eigenvalue weighted by atomic mass is 10.2. The number of nitrogens with two attached hydrogens (primary N) is 1. The van der Waals surface area contributed by atoms with Crippen LogP contribution in [0.15, 0.2) is 18.2 Å². The molecule has 6 nitrogen and oxygen atoms in total. The molecule has 0 bridgehead atoms. The summed E-state index contributed by atoms with van der Waals surface area (Å²) in [4.78, 5) is 10.6. The van der Waals surface area contributed by atoms with E-state index in [2.05, 4.69) is 5.32 Å². The van der Waals surface area contributed by atoms with Gasteiger partial charge in [0.15, 0.2) is 11.5 Å². The van der Waals surface area contributed by atoms with Crippen LogP contribution in [0.3, 0.4) is 0 Å². The monoisotopic (exact) mass is 238 g/mol. The highest BCUT2D eigenvalue weighted by Gasteiger charge is 2.13. The largest absolute Gasteiger partial charge is 0.454 e. The predicted octanol–water partition coefficient (Wildman–Crippen LogP) is -0.649. The summed E-state index contributed by atoms with van der Waals surface area (Å²) in [5.74, 6) is 0.703. The molecular weight excluding hydrogens is 224 g/mol. The Hall–Kier alpha value is -1.79. The van der Waals surface area contributed by atoms with E-state index >= 15 is 0 Å². The summed E-state index contributed by atoms with van der Waals surface area (Å²) in [6, 6.07) is 5.56. The van der Waals surface area contributed by atoms with Crippen LogP contribution in [0.1, 0.15) is 5.56 Å². The zero-order chi connectivity index (χ0) is 12.3. The molecule has 1 aromatic carbocycles. The van der Waals surface area contributed by atoms with Crippen molar-refractivity contribution < 1.29 is 19.4 Å². The van der Waals surface area contributed by atoms with Crippen LogP contribution in [0.4, 0.5) is 0 Å². The minimum atomic E-state index is -1.16. The molecule has 0 radical (unpaired) electrons. The third-order valence-corrected chi connectivity index (χ3v) is 2.43. The Labute approximate surface area is 98.3 Å². The Morgan fingerprint density at radius 2 is 2.24 bits per heavy atom. The number of primary amides is 1. The van der Waals surface area contributed by atoms with E-state index in [9.17, 15) is 9.90 Å². The number of carbonyl (C=O) groups excluding carboxylic acids is 1. The van der Waals surface area contributed by atoms with E-state index in [0.717, 1.165) is 11.3 Å². The second-order valence-corrected chi connectivity index (χ2v) is 3.74. The van der Waals surface area contributed by atoms with Crippen molar-refractivity contribution in [2.24, 2.45) is 5.73 Å². The van der Waals surface area contributed by atoms with E-state index in [1.807, 2.05) is 18.2 Å². The van der Waals surface area contributed by atoms with Gasteiger partial charge in [-0.25, -0.2) is 0 Å². The number of aliphatic hydroxyl groups is 1. The van der Waals surface area contributed by atoms with Crippen molar-refractivity contribution in [2.45, 2.75) is 12.6 Å². The number of hydrogen-bond donors (Lipinski definition) is 3. The summed E-state index contributed by atoms with van der Waals surface area (Å²) in [6.07, 6.45) is -1.16. The van der Waals surface area contributed by atoms with Gasteiger partial charge in [-0.3, -0.25) is 4.79 Å². The molecule has 1 unspecified atom stereocenters. The molecule has 1 aliphatic heterocycles. The van der Waals surface area contributed by atoms with Crippen LogP contribution in [0.2, 0.25) is 0 Å². The summed E-state index contributed by atoms with van der Waals surface area (Å²) < 4.78 is 10.4. The van der Waals surface area contributed by atoms with Gasteiger partial charge in [0.2, 0.25) is 12.7 Å². The topological polar surface area (TPSA) is 93.8 Å². The highest BCUT2D eigenvalue weighted by Crippen LogP contribution is 2.32. The molecule has 1 amide bonds. The van der Waals surface area contributed by atoms with Crippen molar-refractivity contribution in [3.63, 3.8) is 0 Å². The summed E-state index contributed by atoms with van der Waals surface area (Å²) in [5, 5.41) is 12.1. The molecule has 2 rings (SSSR count). The van der Waals surface area contributed by atoms with Gasteiger partial charge in [0.25, 0.3) is 0 Å². The van der Waals surface area contributed by atoms with Crippen molar-refractivity contribution >= 4 is 5.91 Å². The summed E-state index contributed by atoms with van der Waals surface area (Å²) in [6.45, 7) is 0.886.